The molecule has 4 nitrogen and oxygen atoms in total. The standard InChI is InChI=1S/C13H9IO4/c1-7(15)10-6-8-4-2-3-5-9(8)11(13(16)17)12(10)18-14/h2-6H,1H3,(H,16,17). The van der Waals surface area contributed by atoms with E-state index in [1.54, 1.807) is 53.3 Å². The second-order valence-corrected chi connectivity index (χ2v) is 4.23. The van der Waals surface area contributed by atoms with Gasteiger partial charge in [-0.3, -0.25) is 4.79 Å². The fourth-order valence-corrected chi connectivity index (χ4v) is 2.34. The Morgan fingerprint density at radius 2 is 1.94 bits per heavy atom. The highest BCUT2D eigenvalue weighted by molar-refractivity contribution is 14.1. The van der Waals surface area contributed by atoms with Gasteiger partial charge < -0.3 is 8.17 Å². The van der Waals surface area contributed by atoms with Crippen LogP contribution in [0, 0.1) is 0 Å². The molecule has 1 N–H and O–H groups in total. The summed E-state index contributed by atoms with van der Waals surface area (Å²) in [6.07, 6.45) is 0. The molecule has 0 saturated heterocycles. The van der Waals surface area contributed by atoms with E-state index < -0.39 is 5.97 Å². The van der Waals surface area contributed by atoms with Crippen molar-refractivity contribution in [2.24, 2.45) is 0 Å². The maximum absolute atomic E-state index is 11.6. The SMILES string of the molecule is CC(=O)c1cc2ccccc2c(C(=O)O)c1OI. The number of halogens is 1. The summed E-state index contributed by atoms with van der Waals surface area (Å²) in [6, 6.07) is 8.66. The minimum absolute atomic E-state index is 0.0210. The normalized spacial score (nSPS) is 10.3. The first-order chi connectivity index (χ1) is 8.56. The Bertz CT molecular complexity index is 649. The molecule has 0 aliphatic heterocycles. The minimum Gasteiger partial charge on any atom is -0.478 e. The number of ketones is 1. The molecule has 0 fully saturated rings. The topological polar surface area (TPSA) is 63.6 Å². The second kappa shape index (κ2) is 4.93. The second-order valence-electron chi connectivity index (χ2n) is 3.79. The first-order valence-corrected chi connectivity index (χ1v) is 6.03. The fourth-order valence-electron chi connectivity index (χ4n) is 1.88. The lowest BCUT2D eigenvalue weighted by Crippen LogP contribution is -2.05. The molecule has 0 bridgehead atoms. The average Bonchev–Trinajstić information content (AvgIpc) is 2.35. The van der Waals surface area contributed by atoms with Gasteiger partial charge >= 0.3 is 5.97 Å². The largest absolute Gasteiger partial charge is 0.478 e. The number of hydrogen-bond donors (Lipinski definition) is 1. The fraction of sp³-hybridized carbons (Fsp3) is 0.0769. The zero-order chi connectivity index (χ0) is 13.3. The Hall–Kier alpha value is -1.63. The Morgan fingerprint density at radius 1 is 1.28 bits per heavy atom. The highest BCUT2D eigenvalue weighted by Crippen LogP contribution is 2.33. The lowest BCUT2D eigenvalue weighted by molar-refractivity contribution is 0.0697. The lowest BCUT2D eigenvalue weighted by atomic mass is 9.98. The number of benzene rings is 2. The first kappa shape index (κ1) is 12.8. The summed E-state index contributed by atoms with van der Waals surface area (Å²) in [5.41, 5.74) is 0.299. The molecule has 2 aromatic carbocycles. The maximum atomic E-state index is 11.6. The average molecular weight is 356 g/mol. The Kier molecular flexibility index (Phi) is 3.51. The number of carbonyl (C=O) groups excluding carboxylic acids is 1. The van der Waals surface area contributed by atoms with E-state index in [0.717, 1.165) is 0 Å². The monoisotopic (exact) mass is 356 g/mol. The van der Waals surface area contributed by atoms with Gasteiger partial charge in [0.25, 0.3) is 0 Å². The van der Waals surface area contributed by atoms with Crippen LogP contribution < -0.4 is 3.07 Å². The summed E-state index contributed by atoms with van der Waals surface area (Å²) in [6.45, 7) is 1.38. The smallest absolute Gasteiger partial charge is 0.340 e. The van der Waals surface area contributed by atoms with Gasteiger partial charge in [0.2, 0.25) is 0 Å². The number of Topliss-reactive ketones (excluding diaryl/α,β-unsaturated/α-hetero) is 1. The summed E-state index contributed by atoms with van der Waals surface area (Å²) >= 11 is 1.59. The van der Waals surface area contributed by atoms with Crippen LogP contribution in [-0.2, 0) is 0 Å². The van der Waals surface area contributed by atoms with Crippen LogP contribution in [-0.4, -0.2) is 16.9 Å². The number of hydrogen-bond acceptors (Lipinski definition) is 3. The van der Waals surface area contributed by atoms with Crippen molar-refractivity contribution in [3.05, 3.63) is 41.5 Å². The van der Waals surface area contributed by atoms with E-state index in [9.17, 15) is 14.7 Å². The third-order valence-corrected chi connectivity index (χ3v) is 3.11. The van der Waals surface area contributed by atoms with Gasteiger partial charge in [0.05, 0.1) is 5.56 Å². The van der Waals surface area contributed by atoms with Crippen LogP contribution in [0.15, 0.2) is 30.3 Å². The third kappa shape index (κ3) is 2.05. The first-order valence-electron chi connectivity index (χ1n) is 5.14. The zero-order valence-electron chi connectivity index (χ0n) is 9.44. The maximum Gasteiger partial charge on any atom is 0.340 e. The van der Waals surface area contributed by atoms with Gasteiger partial charge in [-0.15, -0.1) is 0 Å². The predicted octanol–water partition coefficient (Wildman–Crippen LogP) is 3.47. The minimum atomic E-state index is -1.11. The molecule has 18 heavy (non-hydrogen) atoms. The molecular weight excluding hydrogens is 347 g/mol. The molecule has 5 heteroatoms. The van der Waals surface area contributed by atoms with Gasteiger partial charge in [-0.05, 0) is 18.4 Å². The molecule has 0 heterocycles. The van der Waals surface area contributed by atoms with Crippen molar-refractivity contribution in [3.8, 4) is 5.75 Å². The van der Waals surface area contributed by atoms with Crippen molar-refractivity contribution in [1.82, 2.24) is 0 Å². The molecule has 0 radical (unpaired) electrons. The molecule has 0 spiro atoms. The van der Waals surface area contributed by atoms with E-state index in [2.05, 4.69) is 0 Å². The van der Waals surface area contributed by atoms with E-state index >= 15 is 0 Å². The van der Waals surface area contributed by atoms with Crippen LogP contribution in [0.2, 0.25) is 0 Å². The van der Waals surface area contributed by atoms with Crippen LogP contribution in [0.1, 0.15) is 27.6 Å². The van der Waals surface area contributed by atoms with E-state index in [4.69, 9.17) is 3.07 Å². The molecule has 0 aliphatic rings. The number of carboxylic acid groups (broad SMARTS) is 1. The molecule has 0 aromatic heterocycles. The lowest BCUT2D eigenvalue weighted by Gasteiger charge is -2.11. The van der Waals surface area contributed by atoms with Crippen LogP contribution >= 0.6 is 23.0 Å². The van der Waals surface area contributed by atoms with E-state index in [-0.39, 0.29) is 22.7 Å². The summed E-state index contributed by atoms with van der Waals surface area (Å²) in [5, 5.41) is 10.6. The Labute approximate surface area is 117 Å². The van der Waals surface area contributed by atoms with E-state index in [0.29, 0.717) is 10.8 Å². The predicted molar refractivity (Wildman–Crippen MR) is 75.6 cm³/mol. The van der Waals surface area contributed by atoms with Crippen molar-refractivity contribution in [2.45, 2.75) is 6.92 Å². The number of carboxylic acids is 1. The molecule has 0 atom stereocenters. The van der Waals surface area contributed by atoms with Crippen molar-refractivity contribution in [3.63, 3.8) is 0 Å². The van der Waals surface area contributed by atoms with E-state index in [1.807, 2.05) is 0 Å². The van der Waals surface area contributed by atoms with Gasteiger partial charge in [-0.1, -0.05) is 24.3 Å². The number of carbonyl (C=O) groups is 2. The summed E-state index contributed by atoms with van der Waals surface area (Å²) in [4.78, 5) is 22.9. The highest BCUT2D eigenvalue weighted by Gasteiger charge is 2.21. The Morgan fingerprint density at radius 3 is 2.50 bits per heavy atom. The van der Waals surface area contributed by atoms with Crippen molar-refractivity contribution >= 4 is 45.5 Å². The molecular formula is C13H9IO4. The van der Waals surface area contributed by atoms with Gasteiger partial charge in [0.15, 0.2) is 34.5 Å². The van der Waals surface area contributed by atoms with Crippen LogP contribution in [0.25, 0.3) is 10.8 Å². The molecule has 0 unspecified atom stereocenters. The summed E-state index contributed by atoms with van der Waals surface area (Å²) < 4.78 is 5.08. The summed E-state index contributed by atoms with van der Waals surface area (Å²) in [7, 11) is 0. The van der Waals surface area contributed by atoms with E-state index in [1.165, 1.54) is 6.92 Å². The number of rotatable bonds is 3. The highest BCUT2D eigenvalue weighted by atomic mass is 127. The van der Waals surface area contributed by atoms with Gasteiger partial charge in [-0.2, -0.15) is 0 Å². The number of aromatic carboxylic acids is 1. The molecule has 2 aromatic rings. The summed E-state index contributed by atoms with van der Waals surface area (Å²) in [5.74, 6) is -1.23. The van der Waals surface area contributed by atoms with Gasteiger partial charge in [0.1, 0.15) is 5.56 Å². The van der Waals surface area contributed by atoms with Gasteiger partial charge in [-0.25, -0.2) is 4.79 Å². The third-order valence-electron chi connectivity index (χ3n) is 2.67. The van der Waals surface area contributed by atoms with Crippen LogP contribution in [0.5, 0.6) is 5.75 Å². The molecule has 2 rings (SSSR count). The van der Waals surface area contributed by atoms with Crippen LogP contribution in [0.3, 0.4) is 0 Å². The van der Waals surface area contributed by atoms with Crippen LogP contribution in [0.4, 0.5) is 0 Å². The molecule has 92 valence electrons. The van der Waals surface area contributed by atoms with Crippen molar-refractivity contribution < 1.29 is 17.8 Å². The van der Waals surface area contributed by atoms with Crippen molar-refractivity contribution in [2.75, 3.05) is 0 Å². The molecule has 0 saturated carbocycles. The zero-order valence-corrected chi connectivity index (χ0v) is 11.6. The molecule has 0 aliphatic carbocycles. The number of fused-ring (bicyclic) bond motifs is 1. The quantitative estimate of drug-likeness (QED) is 0.676. The van der Waals surface area contributed by atoms with Crippen molar-refractivity contribution in [1.29, 1.82) is 0 Å². The van der Waals surface area contributed by atoms with Gasteiger partial charge in [0, 0.05) is 5.39 Å². The Balaban J connectivity index is 2.96. The molecule has 0 amide bonds.